The number of hydrogen-bond donors (Lipinski definition) is 0. The molecule has 8 heteroatoms. The van der Waals surface area contributed by atoms with Crippen LogP contribution >= 0.6 is 0 Å². The van der Waals surface area contributed by atoms with Crippen molar-refractivity contribution in [2.24, 2.45) is 11.8 Å². The van der Waals surface area contributed by atoms with E-state index in [0.29, 0.717) is 0 Å². The fourth-order valence-corrected chi connectivity index (χ4v) is 5.54. The molecule has 2 atom stereocenters. The monoisotopic (exact) mass is 452 g/mol. The lowest BCUT2D eigenvalue weighted by atomic mass is 9.80. The Morgan fingerprint density at radius 2 is 1.00 bits per heavy atom. The van der Waals surface area contributed by atoms with Crippen LogP contribution in [-0.4, -0.2) is 30.0 Å². The first-order valence-electron chi connectivity index (χ1n) is 10.1. The number of hydrogen-bond acceptors (Lipinski definition) is 6. The normalized spacial score (nSPS) is 20.2. The highest BCUT2D eigenvalue weighted by Crippen LogP contribution is 2.32. The molecule has 0 bridgehead atoms. The van der Waals surface area contributed by atoms with Crippen molar-refractivity contribution in [1.29, 1.82) is 0 Å². The molecule has 6 nitrogen and oxygen atoms in total. The molecule has 0 amide bonds. The molecule has 0 unspecified atom stereocenters. The maximum Gasteiger partial charge on any atom is 0.296 e. The van der Waals surface area contributed by atoms with E-state index in [1.807, 2.05) is 13.8 Å². The molecule has 3 rings (SSSR count). The zero-order valence-electron chi connectivity index (χ0n) is 17.3. The highest BCUT2D eigenvalue weighted by molar-refractivity contribution is 7.87. The van der Waals surface area contributed by atoms with Crippen molar-refractivity contribution in [2.45, 2.75) is 49.3 Å². The summed E-state index contributed by atoms with van der Waals surface area (Å²) in [6.45, 7) is 3.81. The summed E-state index contributed by atoms with van der Waals surface area (Å²) in [5, 5.41) is 0. The Balaban J connectivity index is 1.62. The van der Waals surface area contributed by atoms with Gasteiger partial charge >= 0.3 is 0 Å². The third kappa shape index (κ3) is 5.91. The van der Waals surface area contributed by atoms with Crippen molar-refractivity contribution in [1.82, 2.24) is 0 Å². The van der Waals surface area contributed by atoms with Crippen molar-refractivity contribution in [3.05, 3.63) is 59.7 Å². The summed E-state index contributed by atoms with van der Waals surface area (Å²) >= 11 is 0. The van der Waals surface area contributed by atoms with Gasteiger partial charge in [-0.05, 0) is 62.8 Å². The molecule has 1 aliphatic carbocycles. The molecule has 0 radical (unpaired) electrons. The van der Waals surface area contributed by atoms with E-state index >= 15 is 0 Å². The largest absolute Gasteiger partial charge is 0.296 e. The first-order chi connectivity index (χ1) is 14.2. The molecule has 2 aromatic rings. The predicted octanol–water partition coefficient (Wildman–Crippen LogP) is 4.22. The van der Waals surface area contributed by atoms with E-state index < -0.39 is 20.2 Å². The van der Waals surface area contributed by atoms with Crippen LogP contribution in [0.2, 0.25) is 0 Å². The lowest BCUT2D eigenvalue weighted by molar-refractivity contribution is 0.110. The molecule has 1 saturated carbocycles. The van der Waals surface area contributed by atoms with E-state index in [1.165, 1.54) is 24.3 Å². The lowest BCUT2D eigenvalue weighted by Crippen LogP contribution is -2.29. The number of rotatable bonds is 8. The zero-order valence-corrected chi connectivity index (χ0v) is 18.9. The Morgan fingerprint density at radius 3 is 1.33 bits per heavy atom. The van der Waals surface area contributed by atoms with Gasteiger partial charge in [0, 0.05) is 0 Å². The van der Waals surface area contributed by atoms with E-state index in [9.17, 15) is 16.8 Å². The van der Waals surface area contributed by atoms with Gasteiger partial charge in [0.25, 0.3) is 20.2 Å². The fraction of sp³-hybridized carbons (Fsp3) is 0.455. The van der Waals surface area contributed by atoms with Crippen LogP contribution in [0.15, 0.2) is 58.3 Å². The summed E-state index contributed by atoms with van der Waals surface area (Å²) in [6, 6.07) is 13.0. The average Bonchev–Trinajstić information content (AvgIpc) is 2.72. The molecule has 0 aliphatic heterocycles. The Hall–Kier alpha value is -1.74. The SMILES string of the molecule is Cc1ccc(S(=O)(=O)OC[C@H]2CCCC[C@H]2COS(=O)(=O)c2ccc(C)cc2)cc1. The van der Waals surface area contributed by atoms with Crippen molar-refractivity contribution in [2.75, 3.05) is 13.2 Å². The maximum absolute atomic E-state index is 12.5. The summed E-state index contributed by atoms with van der Waals surface area (Å²) < 4.78 is 60.5. The van der Waals surface area contributed by atoms with Crippen molar-refractivity contribution >= 4 is 20.2 Å². The van der Waals surface area contributed by atoms with Gasteiger partial charge in [0.05, 0.1) is 23.0 Å². The van der Waals surface area contributed by atoms with E-state index in [1.54, 1.807) is 24.3 Å². The summed E-state index contributed by atoms with van der Waals surface area (Å²) in [7, 11) is -7.70. The standard InChI is InChI=1S/C22H28O6S2/c1-17-7-11-21(12-8-17)29(23,24)27-15-19-5-3-4-6-20(19)16-28-30(25,26)22-13-9-18(2)10-14-22/h7-14,19-20H,3-6,15-16H2,1-2H3/t19-,20+. The van der Waals surface area contributed by atoms with Gasteiger partial charge in [-0.15, -0.1) is 0 Å². The smallest absolute Gasteiger partial charge is 0.266 e. The van der Waals surface area contributed by atoms with Crippen molar-refractivity contribution < 1.29 is 25.2 Å². The number of benzene rings is 2. The van der Waals surface area contributed by atoms with Gasteiger partial charge < -0.3 is 0 Å². The third-order valence-corrected chi connectivity index (χ3v) is 8.15. The molecule has 0 aromatic heterocycles. The van der Waals surface area contributed by atoms with E-state index in [4.69, 9.17) is 8.37 Å². The van der Waals surface area contributed by atoms with Gasteiger partial charge in [0.15, 0.2) is 0 Å². The second kappa shape index (κ2) is 9.60. The quantitative estimate of drug-likeness (QED) is 0.558. The fourth-order valence-electron chi connectivity index (χ4n) is 3.62. The van der Waals surface area contributed by atoms with E-state index in [2.05, 4.69) is 0 Å². The van der Waals surface area contributed by atoms with Crippen LogP contribution in [0.25, 0.3) is 0 Å². The topological polar surface area (TPSA) is 86.7 Å². The molecule has 0 N–H and O–H groups in total. The molecule has 164 valence electrons. The van der Waals surface area contributed by atoms with Gasteiger partial charge in [0.2, 0.25) is 0 Å². The molecule has 2 aromatic carbocycles. The summed E-state index contributed by atoms with van der Waals surface area (Å²) in [5.74, 6) is -0.153. The van der Waals surface area contributed by atoms with E-state index in [0.717, 1.165) is 36.8 Å². The van der Waals surface area contributed by atoms with Gasteiger partial charge in [-0.1, -0.05) is 48.2 Å². The van der Waals surface area contributed by atoms with Crippen LogP contribution < -0.4 is 0 Å². The highest BCUT2D eigenvalue weighted by Gasteiger charge is 2.30. The van der Waals surface area contributed by atoms with Gasteiger partial charge in [-0.2, -0.15) is 16.8 Å². The molecular formula is C22H28O6S2. The van der Waals surface area contributed by atoms with Gasteiger partial charge in [-0.25, -0.2) is 0 Å². The molecule has 1 aliphatic rings. The molecule has 0 saturated heterocycles. The zero-order chi connectivity index (χ0) is 21.8. The minimum absolute atomic E-state index is 0.0226. The first-order valence-corrected chi connectivity index (χ1v) is 12.9. The minimum atomic E-state index is -3.85. The maximum atomic E-state index is 12.5. The average molecular weight is 453 g/mol. The Kier molecular flexibility index (Phi) is 7.34. The molecule has 0 spiro atoms. The summed E-state index contributed by atoms with van der Waals surface area (Å²) in [6.07, 6.45) is 3.48. The minimum Gasteiger partial charge on any atom is -0.266 e. The van der Waals surface area contributed by atoms with Crippen LogP contribution in [0.5, 0.6) is 0 Å². The van der Waals surface area contributed by atoms with Gasteiger partial charge in [-0.3, -0.25) is 8.37 Å². The highest BCUT2D eigenvalue weighted by atomic mass is 32.2. The second-order valence-electron chi connectivity index (χ2n) is 7.91. The Morgan fingerprint density at radius 1 is 0.667 bits per heavy atom. The van der Waals surface area contributed by atoms with E-state index in [-0.39, 0.29) is 34.8 Å². The van der Waals surface area contributed by atoms with Gasteiger partial charge in [0.1, 0.15) is 0 Å². The number of aryl methyl sites for hydroxylation is 2. The van der Waals surface area contributed by atoms with Crippen LogP contribution in [0.1, 0.15) is 36.8 Å². The lowest BCUT2D eigenvalue weighted by Gasteiger charge is -2.30. The molecule has 0 heterocycles. The summed E-state index contributed by atoms with van der Waals surface area (Å²) in [4.78, 5) is 0.248. The summed E-state index contributed by atoms with van der Waals surface area (Å²) in [5.41, 5.74) is 1.93. The van der Waals surface area contributed by atoms with Crippen LogP contribution in [-0.2, 0) is 28.6 Å². The second-order valence-corrected chi connectivity index (χ2v) is 11.1. The van der Waals surface area contributed by atoms with Crippen LogP contribution in [0.4, 0.5) is 0 Å². The molecule has 30 heavy (non-hydrogen) atoms. The molecular weight excluding hydrogens is 424 g/mol. The Bertz CT molecular complexity index is 954. The van der Waals surface area contributed by atoms with Crippen molar-refractivity contribution in [3.63, 3.8) is 0 Å². The first kappa shape index (κ1) is 22.9. The third-order valence-electron chi connectivity index (χ3n) is 5.56. The van der Waals surface area contributed by atoms with Crippen LogP contribution in [0.3, 0.4) is 0 Å². The Labute approximate surface area is 179 Å². The molecule has 1 fully saturated rings. The predicted molar refractivity (Wildman–Crippen MR) is 114 cm³/mol. The van der Waals surface area contributed by atoms with Crippen molar-refractivity contribution in [3.8, 4) is 0 Å². The van der Waals surface area contributed by atoms with Crippen LogP contribution in [0, 0.1) is 25.7 Å².